The molecular formula is C25H31N7O2S. The molecule has 0 bridgehead atoms. The number of rotatable bonds is 9. The van der Waals surface area contributed by atoms with Gasteiger partial charge in [0.05, 0.1) is 17.4 Å². The van der Waals surface area contributed by atoms with E-state index in [4.69, 9.17) is 0 Å². The largest absolute Gasteiger partial charge is 0.352 e. The van der Waals surface area contributed by atoms with Crippen LogP contribution in [-0.4, -0.2) is 38.1 Å². The van der Waals surface area contributed by atoms with Gasteiger partial charge in [-0.2, -0.15) is 0 Å². The number of hydrogen-bond donors (Lipinski definition) is 3. The molecule has 1 atom stereocenters. The van der Waals surface area contributed by atoms with Crippen LogP contribution in [0.3, 0.4) is 0 Å². The molecule has 3 aromatic rings. The van der Waals surface area contributed by atoms with Crippen molar-refractivity contribution in [2.24, 2.45) is 5.92 Å². The van der Waals surface area contributed by atoms with Gasteiger partial charge in [0.2, 0.25) is 11.9 Å². The molecule has 10 heteroatoms. The monoisotopic (exact) mass is 493 g/mol. The van der Waals surface area contributed by atoms with Crippen LogP contribution in [0.15, 0.2) is 24.8 Å². The lowest BCUT2D eigenvalue weighted by Gasteiger charge is -2.25. The van der Waals surface area contributed by atoms with Crippen molar-refractivity contribution in [3.8, 4) is 0 Å². The maximum absolute atomic E-state index is 13.3. The van der Waals surface area contributed by atoms with Crippen LogP contribution in [0.5, 0.6) is 0 Å². The van der Waals surface area contributed by atoms with Gasteiger partial charge in [0, 0.05) is 29.6 Å². The van der Waals surface area contributed by atoms with Gasteiger partial charge in [-0.3, -0.25) is 19.1 Å². The summed E-state index contributed by atoms with van der Waals surface area (Å²) >= 11 is 1.55. The van der Waals surface area contributed by atoms with Crippen molar-refractivity contribution in [2.75, 3.05) is 17.2 Å². The first-order valence-corrected chi connectivity index (χ1v) is 13.2. The number of aromatic nitrogens is 4. The maximum atomic E-state index is 13.3. The van der Waals surface area contributed by atoms with Crippen molar-refractivity contribution in [3.63, 3.8) is 0 Å². The number of carbonyl (C=O) groups excluding carboxylic acids is 2. The van der Waals surface area contributed by atoms with E-state index in [1.54, 1.807) is 23.9 Å². The number of nitrogens with one attached hydrogen (secondary N) is 3. The molecule has 0 aromatic carbocycles. The van der Waals surface area contributed by atoms with E-state index < -0.39 is 0 Å². The van der Waals surface area contributed by atoms with E-state index in [2.05, 4.69) is 38.1 Å². The molecule has 0 radical (unpaired) electrons. The topological polar surface area (TPSA) is 114 Å². The molecule has 3 aromatic heterocycles. The zero-order valence-corrected chi connectivity index (χ0v) is 21.0. The molecule has 0 saturated heterocycles. The normalized spacial score (nSPS) is 17.0. The fraction of sp³-hybridized carbons (Fsp3) is 0.480. The fourth-order valence-electron chi connectivity index (χ4n) is 4.51. The van der Waals surface area contributed by atoms with Crippen LogP contribution in [0.2, 0.25) is 0 Å². The number of unbranched alkanes of at least 4 members (excludes halogenated alkanes) is 1. The average Bonchev–Trinajstić information content (AvgIpc) is 3.50. The second-order valence-electron chi connectivity index (χ2n) is 9.42. The highest BCUT2D eigenvalue weighted by Gasteiger charge is 2.34. The third-order valence-electron chi connectivity index (χ3n) is 6.56. The number of fused-ring (bicyclic) bond motifs is 1. The average molecular weight is 494 g/mol. The molecule has 0 aliphatic heterocycles. The molecule has 3 heterocycles. The third kappa shape index (κ3) is 5.22. The Balaban J connectivity index is 1.41. The van der Waals surface area contributed by atoms with Gasteiger partial charge in [-0.05, 0) is 62.6 Å². The standard InChI is InChI=1S/C25H31N7O2S/c1-3-4-9-27-23(34)21-19-11-18(7-8-20(19)35-24(21)30-22(33)16-5-6-16)32-14-28-31-25(32)29-17-10-15(2)12-26-13-17/h10,12-14,16,18H,3-9,11H2,1-2H3,(H,27,34)(H,29,31)(H,30,33). The zero-order valence-electron chi connectivity index (χ0n) is 20.1. The van der Waals surface area contributed by atoms with Gasteiger partial charge in [-0.1, -0.05) is 13.3 Å². The quantitative estimate of drug-likeness (QED) is 0.381. The lowest BCUT2D eigenvalue weighted by Crippen LogP contribution is -2.28. The summed E-state index contributed by atoms with van der Waals surface area (Å²) in [5, 5.41) is 18.6. The molecule has 2 aliphatic carbocycles. The zero-order chi connectivity index (χ0) is 24.4. The van der Waals surface area contributed by atoms with Crippen molar-refractivity contribution < 1.29 is 9.59 Å². The van der Waals surface area contributed by atoms with Crippen LogP contribution in [0.4, 0.5) is 16.6 Å². The molecule has 2 aliphatic rings. The minimum Gasteiger partial charge on any atom is -0.352 e. The number of aryl methyl sites for hydroxylation is 2. The van der Waals surface area contributed by atoms with E-state index in [9.17, 15) is 9.59 Å². The number of pyridine rings is 1. The number of anilines is 3. The third-order valence-corrected chi connectivity index (χ3v) is 7.77. The first-order chi connectivity index (χ1) is 17.0. The number of hydrogen-bond acceptors (Lipinski definition) is 7. The van der Waals surface area contributed by atoms with E-state index in [0.29, 0.717) is 29.5 Å². The Morgan fingerprint density at radius 3 is 2.86 bits per heavy atom. The van der Waals surface area contributed by atoms with E-state index in [1.165, 1.54) is 4.88 Å². The Morgan fingerprint density at radius 2 is 2.09 bits per heavy atom. The predicted molar refractivity (Wildman–Crippen MR) is 136 cm³/mol. The van der Waals surface area contributed by atoms with Gasteiger partial charge in [-0.25, -0.2) is 0 Å². The first kappa shape index (κ1) is 23.5. The van der Waals surface area contributed by atoms with E-state index >= 15 is 0 Å². The molecule has 9 nitrogen and oxygen atoms in total. The number of carbonyl (C=O) groups is 2. The van der Waals surface area contributed by atoms with Gasteiger partial charge in [-0.15, -0.1) is 21.5 Å². The predicted octanol–water partition coefficient (Wildman–Crippen LogP) is 4.40. The van der Waals surface area contributed by atoms with E-state index in [0.717, 1.165) is 55.3 Å². The summed E-state index contributed by atoms with van der Waals surface area (Å²) in [6.07, 6.45) is 11.5. The van der Waals surface area contributed by atoms with Crippen molar-refractivity contribution in [1.29, 1.82) is 0 Å². The van der Waals surface area contributed by atoms with Crippen LogP contribution in [0.25, 0.3) is 0 Å². The molecular weight excluding hydrogens is 462 g/mol. The summed E-state index contributed by atoms with van der Waals surface area (Å²) < 4.78 is 2.05. The number of amides is 2. The van der Waals surface area contributed by atoms with Crippen LogP contribution >= 0.6 is 11.3 Å². The molecule has 184 valence electrons. The molecule has 35 heavy (non-hydrogen) atoms. The summed E-state index contributed by atoms with van der Waals surface area (Å²) in [5.74, 6) is 0.660. The molecule has 1 unspecified atom stereocenters. The van der Waals surface area contributed by atoms with Gasteiger partial charge in [0.15, 0.2) is 0 Å². The van der Waals surface area contributed by atoms with Crippen molar-refractivity contribution in [1.82, 2.24) is 25.1 Å². The van der Waals surface area contributed by atoms with Gasteiger partial charge in [0.1, 0.15) is 11.3 Å². The van der Waals surface area contributed by atoms with Crippen molar-refractivity contribution in [3.05, 3.63) is 46.4 Å². The molecule has 1 saturated carbocycles. The molecule has 0 spiro atoms. The van der Waals surface area contributed by atoms with Crippen molar-refractivity contribution >= 4 is 39.8 Å². The Hall–Kier alpha value is -3.27. The summed E-state index contributed by atoms with van der Waals surface area (Å²) in [6, 6.07) is 2.11. The first-order valence-electron chi connectivity index (χ1n) is 12.3. The second-order valence-corrected chi connectivity index (χ2v) is 10.5. The minimum atomic E-state index is -0.101. The summed E-state index contributed by atoms with van der Waals surface area (Å²) in [4.78, 5) is 31.2. The Labute approximate surface area is 208 Å². The maximum Gasteiger partial charge on any atom is 0.254 e. The summed E-state index contributed by atoms with van der Waals surface area (Å²) in [7, 11) is 0. The van der Waals surface area contributed by atoms with E-state index in [-0.39, 0.29) is 23.8 Å². The summed E-state index contributed by atoms with van der Waals surface area (Å²) in [5.41, 5.74) is 3.57. The van der Waals surface area contributed by atoms with Gasteiger partial charge in [0.25, 0.3) is 5.91 Å². The lowest BCUT2D eigenvalue weighted by atomic mass is 9.91. The fourth-order valence-corrected chi connectivity index (χ4v) is 5.75. The highest BCUT2D eigenvalue weighted by Crippen LogP contribution is 2.42. The lowest BCUT2D eigenvalue weighted by molar-refractivity contribution is -0.117. The second kappa shape index (κ2) is 10.2. The summed E-state index contributed by atoms with van der Waals surface area (Å²) in [6.45, 7) is 4.72. The van der Waals surface area contributed by atoms with Crippen LogP contribution < -0.4 is 16.0 Å². The molecule has 3 N–H and O–H groups in total. The van der Waals surface area contributed by atoms with Crippen LogP contribution in [0, 0.1) is 12.8 Å². The Morgan fingerprint density at radius 1 is 1.23 bits per heavy atom. The van der Waals surface area contributed by atoms with Gasteiger partial charge >= 0.3 is 0 Å². The molecule has 2 amide bonds. The van der Waals surface area contributed by atoms with Crippen molar-refractivity contribution in [2.45, 2.75) is 64.8 Å². The molecule has 5 rings (SSSR count). The highest BCUT2D eigenvalue weighted by atomic mass is 32.1. The van der Waals surface area contributed by atoms with Gasteiger partial charge < -0.3 is 16.0 Å². The SMILES string of the molecule is CCCCNC(=O)c1c(NC(=O)C2CC2)sc2c1CC(n1cnnc1Nc1cncc(C)c1)CC2. The number of thiophene rings is 1. The van der Waals surface area contributed by atoms with Crippen LogP contribution in [0.1, 0.15) is 71.4 Å². The smallest absolute Gasteiger partial charge is 0.254 e. The Kier molecular flexibility index (Phi) is 6.81. The van der Waals surface area contributed by atoms with Crippen LogP contribution in [-0.2, 0) is 17.6 Å². The minimum absolute atomic E-state index is 0.0276. The molecule has 1 fully saturated rings. The Bertz CT molecular complexity index is 1230. The van der Waals surface area contributed by atoms with E-state index in [1.807, 2.05) is 23.8 Å². The highest BCUT2D eigenvalue weighted by molar-refractivity contribution is 7.17. The number of nitrogens with zero attached hydrogens (tertiary/aromatic N) is 4.